The van der Waals surface area contributed by atoms with E-state index in [-0.39, 0.29) is 40.5 Å². The molecule has 2 N–H and O–H groups in total. The molecule has 4 aromatic heterocycles. The van der Waals surface area contributed by atoms with Crippen LogP contribution in [0.3, 0.4) is 0 Å². The zero-order valence-electron chi connectivity index (χ0n) is 17.1. The topological polar surface area (TPSA) is 140 Å². The largest absolute Gasteiger partial charge is 0.418 e. The van der Waals surface area contributed by atoms with Gasteiger partial charge >= 0.3 is 11.9 Å². The number of rotatable bonds is 4. The molecule has 0 saturated heterocycles. The zero-order valence-corrected chi connectivity index (χ0v) is 17.1. The van der Waals surface area contributed by atoms with Gasteiger partial charge in [0.15, 0.2) is 17.0 Å². The van der Waals surface area contributed by atoms with Crippen LogP contribution in [0.2, 0.25) is 0 Å². The van der Waals surface area contributed by atoms with E-state index in [0.717, 1.165) is 10.6 Å². The molecule has 1 amide bonds. The van der Waals surface area contributed by atoms with Gasteiger partial charge in [-0.1, -0.05) is 0 Å². The Morgan fingerprint density at radius 3 is 2.67 bits per heavy atom. The molecule has 0 atom stereocenters. The molecular weight excluding hydrogens is 445 g/mol. The maximum atomic E-state index is 13.2. The van der Waals surface area contributed by atoms with Gasteiger partial charge in [-0.25, -0.2) is 14.8 Å². The number of amides is 1. The van der Waals surface area contributed by atoms with E-state index in [2.05, 4.69) is 30.2 Å². The van der Waals surface area contributed by atoms with Crippen molar-refractivity contribution in [1.29, 1.82) is 0 Å². The fourth-order valence-corrected chi connectivity index (χ4v) is 3.17. The van der Waals surface area contributed by atoms with Crippen LogP contribution in [0.5, 0.6) is 0 Å². The van der Waals surface area contributed by atoms with Crippen molar-refractivity contribution in [2.24, 2.45) is 7.05 Å². The van der Waals surface area contributed by atoms with Gasteiger partial charge in [-0.05, 0) is 13.0 Å². The summed E-state index contributed by atoms with van der Waals surface area (Å²) in [6.07, 6.45) is 0.342. The average molecular weight is 460 g/mol. The normalized spacial score (nSPS) is 11.7. The Kier molecular flexibility index (Phi) is 5.27. The quantitative estimate of drug-likeness (QED) is 0.467. The first-order chi connectivity index (χ1) is 15.5. The molecule has 4 aromatic rings. The van der Waals surface area contributed by atoms with Crippen LogP contribution in [0, 0.1) is 6.92 Å². The first-order valence-corrected chi connectivity index (χ1v) is 9.35. The number of pyridine rings is 1. The minimum absolute atomic E-state index is 0.0163. The van der Waals surface area contributed by atoms with Crippen molar-refractivity contribution in [1.82, 2.24) is 34.1 Å². The number of imidazole rings is 1. The number of alkyl halides is 3. The minimum atomic E-state index is -4.58. The standard InChI is InChI=1S/C19H15F3N8O3/c1-9-11(19(20,21)22)3-10(4-24-9)12-5-23-6-13(26-12)27-14(31)7-30-8-25-16-15(30)17(32)28-18(33)29(16)2/h3-6,8H,7H2,1-2H3,(H,26,27,31)(H,28,32,33). The molecule has 14 heteroatoms. The second-order valence-corrected chi connectivity index (χ2v) is 7.06. The molecule has 0 bridgehead atoms. The second-order valence-electron chi connectivity index (χ2n) is 7.06. The van der Waals surface area contributed by atoms with E-state index in [9.17, 15) is 27.6 Å². The Bertz CT molecular complexity index is 1500. The SMILES string of the molecule is Cc1ncc(-c2cncc(NC(=O)Cn3cnc4c3c(=O)[nH]c(=O)n4C)n2)cc1C(F)(F)F. The van der Waals surface area contributed by atoms with Crippen LogP contribution in [0.15, 0.2) is 40.6 Å². The number of aryl methyl sites for hydroxylation is 2. The van der Waals surface area contributed by atoms with Crippen LogP contribution >= 0.6 is 0 Å². The Balaban J connectivity index is 1.58. The third-order valence-electron chi connectivity index (χ3n) is 4.78. The van der Waals surface area contributed by atoms with Crippen LogP contribution in [0.1, 0.15) is 11.3 Å². The molecule has 0 unspecified atom stereocenters. The number of anilines is 1. The Morgan fingerprint density at radius 2 is 1.94 bits per heavy atom. The van der Waals surface area contributed by atoms with Gasteiger partial charge in [-0.3, -0.25) is 29.1 Å². The van der Waals surface area contributed by atoms with Gasteiger partial charge in [-0.15, -0.1) is 0 Å². The smallest absolute Gasteiger partial charge is 0.315 e. The summed E-state index contributed by atoms with van der Waals surface area (Å²) in [4.78, 5) is 54.2. The number of nitrogens with one attached hydrogen (secondary N) is 2. The lowest BCUT2D eigenvalue weighted by molar-refractivity contribution is -0.138. The average Bonchev–Trinajstić information content (AvgIpc) is 3.16. The highest BCUT2D eigenvalue weighted by Crippen LogP contribution is 2.33. The lowest BCUT2D eigenvalue weighted by Gasteiger charge is -2.11. The monoisotopic (exact) mass is 460 g/mol. The Hall–Kier alpha value is -4.36. The molecule has 0 radical (unpaired) electrons. The van der Waals surface area contributed by atoms with Crippen molar-refractivity contribution in [3.63, 3.8) is 0 Å². The highest BCUT2D eigenvalue weighted by Gasteiger charge is 2.33. The first kappa shape index (κ1) is 21.9. The van der Waals surface area contributed by atoms with Crippen molar-refractivity contribution in [2.45, 2.75) is 19.6 Å². The number of fused-ring (bicyclic) bond motifs is 1. The van der Waals surface area contributed by atoms with Crippen LogP contribution in [-0.2, 0) is 24.6 Å². The van der Waals surface area contributed by atoms with Crippen molar-refractivity contribution in [3.05, 3.63) is 63.1 Å². The van der Waals surface area contributed by atoms with E-state index in [0.29, 0.717) is 0 Å². The molecule has 0 fully saturated rings. The highest BCUT2D eigenvalue weighted by atomic mass is 19.4. The number of carbonyl (C=O) groups excluding carboxylic acids is 1. The molecule has 170 valence electrons. The van der Waals surface area contributed by atoms with E-state index in [1.807, 2.05) is 0 Å². The number of aromatic amines is 1. The maximum Gasteiger partial charge on any atom is 0.418 e. The molecule has 0 aliphatic heterocycles. The molecule has 0 spiro atoms. The number of carbonyl (C=O) groups is 1. The number of hydrogen-bond donors (Lipinski definition) is 2. The molecule has 0 aromatic carbocycles. The molecule has 4 rings (SSSR count). The van der Waals surface area contributed by atoms with E-state index in [1.54, 1.807) is 0 Å². The summed E-state index contributed by atoms with van der Waals surface area (Å²) in [6, 6.07) is 0.909. The number of hydrogen-bond acceptors (Lipinski definition) is 7. The molecule has 0 aliphatic carbocycles. The second kappa shape index (κ2) is 7.96. The lowest BCUT2D eigenvalue weighted by Crippen LogP contribution is -2.30. The number of aromatic nitrogens is 7. The predicted octanol–water partition coefficient (Wildman–Crippen LogP) is 1.24. The lowest BCUT2D eigenvalue weighted by atomic mass is 10.1. The van der Waals surface area contributed by atoms with Gasteiger partial charge in [0.25, 0.3) is 5.56 Å². The van der Waals surface area contributed by atoms with Crippen molar-refractivity contribution >= 4 is 22.9 Å². The van der Waals surface area contributed by atoms with Gasteiger partial charge in [0, 0.05) is 24.5 Å². The Labute approximate surface area is 182 Å². The van der Waals surface area contributed by atoms with Crippen molar-refractivity contribution in [2.75, 3.05) is 5.32 Å². The maximum absolute atomic E-state index is 13.2. The zero-order chi connectivity index (χ0) is 23.9. The van der Waals surface area contributed by atoms with Gasteiger partial charge in [-0.2, -0.15) is 13.2 Å². The van der Waals surface area contributed by atoms with E-state index in [4.69, 9.17) is 0 Å². The van der Waals surface area contributed by atoms with Gasteiger partial charge in [0.2, 0.25) is 5.91 Å². The summed E-state index contributed by atoms with van der Waals surface area (Å²) in [5.74, 6) is -0.621. The molecular formula is C19H15F3N8O3. The first-order valence-electron chi connectivity index (χ1n) is 9.35. The molecule has 0 saturated carbocycles. The molecule has 33 heavy (non-hydrogen) atoms. The number of halogens is 3. The van der Waals surface area contributed by atoms with Crippen molar-refractivity contribution < 1.29 is 18.0 Å². The molecule has 4 heterocycles. The van der Waals surface area contributed by atoms with Gasteiger partial charge < -0.3 is 9.88 Å². The Morgan fingerprint density at radius 1 is 1.18 bits per heavy atom. The van der Waals surface area contributed by atoms with Gasteiger partial charge in [0.1, 0.15) is 6.54 Å². The fourth-order valence-electron chi connectivity index (χ4n) is 3.17. The summed E-state index contributed by atoms with van der Waals surface area (Å²) in [6.45, 7) is 0.908. The van der Waals surface area contributed by atoms with E-state index < -0.39 is 28.9 Å². The van der Waals surface area contributed by atoms with E-state index in [1.165, 1.54) is 43.5 Å². The summed E-state index contributed by atoms with van der Waals surface area (Å²) in [5.41, 5.74) is -2.15. The third kappa shape index (κ3) is 4.22. The summed E-state index contributed by atoms with van der Waals surface area (Å²) < 4.78 is 41.9. The third-order valence-corrected chi connectivity index (χ3v) is 4.78. The van der Waals surface area contributed by atoms with Crippen LogP contribution in [-0.4, -0.2) is 40.0 Å². The number of H-pyrrole nitrogens is 1. The predicted molar refractivity (Wildman–Crippen MR) is 109 cm³/mol. The summed E-state index contributed by atoms with van der Waals surface area (Å²) >= 11 is 0. The van der Waals surface area contributed by atoms with Crippen LogP contribution < -0.4 is 16.6 Å². The minimum Gasteiger partial charge on any atom is -0.315 e. The molecule has 11 nitrogen and oxygen atoms in total. The fraction of sp³-hybridized carbons (Fsp3) is 0.211. The van der Waals surface area contributed by atoms with Crippen LogP contribution in [0.25, 0.3) is 22.4 Å². The van der Waals surface area contributed by atoms with Crippen LogP contribution in [0.4, 0.5) is 19.0 Å². The van der Waals surface area contributed by atoms with Gasteiger partial charge in [0.05, 0.1) is 30.0 Å². The molecule has 0 aliphatic rings. The summed E-state index contributed by atoms with van der Waals surface area (Å²) in [5, 5.41) is 2.47. The van der Waals surface area contributed by atoms with Crippen molar-refractivity contribution in [3.8, 4) is 11.3 Å². The highest BCUT2D eigenvalue weighted by molar-refractivity contribution is 5.90. The summed E-state index contributed by atoms with van der Waals surface area (Å²) in [7, 11) is 1.42. The number of nitrogens with zero attached hydrogens (tertiary/aromatic N) is 6. The van der Waals surface area contributed by atoms with E-state index >= 15 is 0 Å².